The summed E-state index contributed by atoms with van der Waals surface area (Å²) >= 11 is 3.43. The molecular formula is C21H19BrN2O. The molecule has 3 nitrogen and oxygen atoms in total. The van der Waals surface area contributed by atoms with Gasteiger partial charge in [0.1, 0.15) is 0 Å². The van der Waals surface area contributed by atoms with E-state index in [1.807, 2.05) is 36.4 Å². The van der Waals surface area contributed by atoms with Crippen LogP contribution in [0.5, 0.6) is 0 Å². The van der Waals surface area contributed by atoms with E-state index in [4.69, 9.17) is 0 Å². The Labute approximate surface area is 155 Å². The molecule has 0 unspecified atom stereocenters. The Morgan fingerprint density at radius 3 is 2.00 bits per heavy atom. The highest BCUT2D eigenvalue weighted by atomic mass is 79.9. The van der Waals surface area contributed by atoms with Crippen molar-refractivity contribution in [3.05, 3.63) is 77.3 Å². The summed E-state index contributed by atoms with van der Waals surface area (Å²) in [6, 6.07) is 24.7. The molecule has 0 aliphatic carbocycles. The Morgan fingerprint density at radius 1 is 0.840 bits per heavy atom. The van der Waals surface area contributed by atoms with Gasteiger partial charge in [0.2, 0.25) is 0 Å². The average Bonchev–Trinajstić information content (AvgIpc) is 2.96. The highest BCUT2D eigenvalue weighted by molar-refractivity contribution is 9.10. The van der Waals surface area contributed by atoms with E-state index in [9.17, 15) is 5.11 Å². The van der Waals surface area contributed by atoms with Crippen LogP contribution >= 0.6 is 15.9 Å². The number of anilines is 1. The summed E-state index contributed by atoms with van der Waals surface area (Å²) < 4.78 is 3.25. The molecule has 4 aromatic rings. The molecule has 4 heteroatoms. The van der Waals surface area contributed by atoms with Gasteiger partial charge in [-0.05, 0) is 36.4 Å². The molecule has 25 heavy (non-hydrogen) atoms. The van der Waals surface area contributed by atoms with Crippen molar-refractivity contribution in [1.82, 2.24) is 4.57 Å². The van der Waals surface area contributed by atoms with Gasteiger partial charge >= 0.3 is 0 Å². The maximum absolute atomic E-state index is 10.6. The number of nitrogens with one attached hydrogen (secondary N) is 1. The van der Waals surface area contributed by atoms with E-state index in [0.717, 1.165) is 21.2 Å². The van der Waals surface area contributed by atoms with Gasteiger partial charge in [-0.2, -0.15) is 0 Å². The van der Waals surface area contributed by atoms with Gasteiger partial charge in [-0.15, -0.1) is 0 Å². The normalized spacial score (nSPS) is 12.6. The van der Waals surface area contributed by atoms with E-state index in [1.165, 1.54) is 10.8 Å². The summed E-state index contributed by atoms with van der Waals surface area (Å²) in [5.41, 5.74) is 3.32. The molecular weight excluding hydrogens is 376 g/mol. The number of rotatable bonds is 5. The van der Waals surface area contributed by atoms with Crippen molar-refractivity contribution in [3.8, 4) is 0 Å². The molecule has 2 N–H and O–H groups in total. The largest absolute Gasteiger partial charge is 0.389 e. The van der Waals surface area contributed by atoms with E-state index in [0.29, 0.717) is 13.1 Å². The third kappa shape index (κ3) is 3.28. The van der Waals surface area contributed by atoms with Gasteiger partial charge in [-0.25, -0.2) is 0 Å². The van der Waals surface area contributed by atoms with Gasteiger partial charge in [-0.3, -0.25) is 0 Å². The number of nitrogens with zero attached hydrogens (tertiary/aromatic N) is 1. The van der Waals surface area contributed by atoms with Crippen molar-refractivity contribution in [2.45, 2.75) is 12.6 Å². The summed E-state index contributed by atoms with van der Waals surface area (Å²) in [7, 11) is 0. The molecule has 0 bridgehead atoms. The molecule has 0 aliphatic rings. The third-order valence-corrected chi connectivity index (χ3v) is 4.99. The lowest BCUT2D eigenvalue weighted by molar-refractivity contribution is 0.169. The minimum absolute atomic E-state index is 0.483. The molecule has 0 spiro atoms. The first kappa shape index (κ1) is 16.2. The van der Waals surface area contributed by atoms with Crippen molar-refractivity contribution in [2.75, 3.05) is 11.9 Å². The number of hydrogen-bond donors (Lipinski definition) is 2. The van der Waals surface area contributed by atoms with Crippen LogP contribution in [0.2, 0.25) is 0 Å². The van der Waals surface area contributed by atoms with Crippen LogP contribution in [0, 0.1) is 0 Å². The Bertz CT molecular complexity index is 954. The minimum Gasteiger partial charge on any atom is -0.389 e. The van der Waals surface area contributed by atoms with Crippen LogP contribution in [0.1, 0.15) is 0 Å². The zero-order chi connectivity index (χ0) is 17.2. The van der Waals surface area contributed by atoms with E-state index in [-0.39, 0.29) is 0 Å². The average molecular weight is 395 g/mol. The number of fused-ring (bicyclic) bond motifs is 3. The number of benzene rings is 3. The van der Waals surface area contributed by atoms with Crippen LogP contribution in [-0.4, -0.2) is 22.3 Å². The van der Waals surface area contributed by atoms with Crippen molar-refractivity contribution in [1.29, 1.82) is 0 Å². The Hall–Kier alpha value is -2.30. The molecule has 0 aliphatic heterocycles. The highest BCUT2D eigenvalue weighted by Crippen LogP contribution is 2.28. The highest BCUT2D eigenvalue weighted by Gasteiger charge is 2.13. The topological polar surface area (TPSA) is 37.2 Å². The molecule has 1 aromatic heterocycles. The summed E-state index contributed by atoms with van der Waals surface area (Å²) in [6.45, 7) is 1.06. The standard InChI is InChI=1S/C21H19BrN2O/c22-15-9-11-16(12-10-15)23-13-17(25)14-24-20-7-3-1-5-18(20)19-6-2-4-8-21(19)24/h1-12,17,23,25H,13-14H2/t17-/m0/s1. The summed E-state index contributed by atoms with van der Waals surface area (Å²) in [6.07, 6.45) is -0.483. The zero-order valence-corrected chi connectivity index (χ0v) is 15.3. The Morgan fingerprint density at radius 2 is 1.40 bits per heavy atom. The van der Waals surface area contributed by atoms with Crippen LogP contribution in [0.15, 0.2) is 77.3 Å². The molecule has 0 amide bonds. The van der Waals surface area contributed by atoms with Gasteiger partial charge in [0, 0.05) is 38.5 Å². The lowest BCUT2D eigenvalue weighted by Crippen LogP contribution is -2.24. The number of aliphatic hydroxyl groups is 1. The van der Waals surface area contributed by atoms with E-state index in [1.54, 1.807) is 0 Å². The molecule has 126 valence electrons. The predicted molar refractivity (Wildman–Crippen MR) is 108 cm³/mol. The van der Waals surface area contributed by atoms with Crippen molar-refractivity contribution >= 4 is 43.4 Å². The molecule has 1 atom stereocenters. The van der Waals surface area contributed by atoms with Gasteiger partial charge in [0.15, 0.2) is 0 Å². The molecule has 0 saturated heterocycles. The second kappa shape index (κ2) is 6.90. The van der Waals surface area contributed by atoms with Gasteiger partial charge < -0.3 is 15.0 Å². The van der Waals surface area contributed by atoms with E-state index < -0.39 is 6.10 Å². The Kier molecular flexibility index (Phi) is 4.47. The third-order valence-electron chi connectivity index (χ3n) is 4.46. The fourth-order valence-electron chi connectivity index (χ4n) is 3.28. The summed E-state index contributed by atoms with van der Waals surface area (Å²) in [4.78, 5) is 0. The van der Waals surface area contributed by atoms with Crippen molar-refractivity contribution < 1.29 is 5.11 Å². The molecule has 0 fully saturated rings. The first-order valence-corrected chi connectivity index (χ1v) is 9.15. The van der Waals surface area contributed by atoms with Crippen molar-refractivity contribution in [3.63, 3.8) is 0 Å². The smallest absolute Gasteiger partial charge is 0.0891 e. The number of para-hydroxylation sites is 2. The quantitative estimate of drug-likeness (QED) is 0.497. The van der Waals surface area contributed by atoms with E-state index in [2.05, 4.69) is 62.2 Å². The fourth-order valence-corrected chi connectivity index (χ4v) is 3.54. The predicted octanol–water partition coefficient (Wildman–Crippen LogP) is 5.03. The summed E-state index contributed by atoms with van der Waals surface area (Å²) in [5.74, 6) is 0. The lowest BCUT2D eigenvalue weighted by atomic mass is 10.2. The number of aliphatic hydroxyl groups excluding tert-OH is 1. The van der Waals surface area contributed by atoms with Crippen LogP contribution in [0.3, 0.4) is 0 Å². The van der Waals surface area contributed by atoms with Crippen LogP contribution < -0.4 is 5.32 Å². The van der Waals surface area contributed by atoms with E-state index >= 15 is 0 Å². The first-order valence-electron chi connectivity index (χ1n) is 8.36. The van der Waals surface area contributed by atoms with Crippen molar-refractivity contribution in [2.24, 2.45) is 0 Å². The molecule has 4 rings (SSSR count). The number of halogens is 1. The number of hydrogen-bond acceptors (Lipinski definition) is 2. The minimum atomic E-state index is -0.483. The maximum Gasteiger partial charge on any atom is 0.0891 e. The van der Waals surface area contributed by atoms with Gasteiger partial charge in [-0.1, -0.05) is 52.3 Å². The fraction of sp³-hybridized carbons (Fsp3) is 0.143. The zero-order valence-electron chi connectivity index (χ0n) is 13.7. The summed E-state index contributed by atoms with van der Waals surface area (Å²) in [5, 5.41) is 16.3. The maximum atomic E-state index is 10.6. The Balaban J connectivity index is 1.58. The van der Waals surface area contributed by atoms with Crippen LogP contribution in [0.4, 0.5) is 5.69 Å². The van der Waals surface area contributed by atoms with Gasteiger partial charge in [0.05, 0.1) is 12.6 Å². The monoisotopic (exact) mass is 394 g/mol. The molecule has 0 radical (unpaired) electrons. The second-order valence-corrected chi connectivity index (χ2v) is 7.10. The van der Waals surface area contributed by atoms with Crippen LogP contribution in [0.25, 0.3) is 21.8 Å². The lowest BCUT2D eigenvalue weighted by Gasteiger charge is -2.15. The molecule has 0 saturated carbocycles. The number of aromatic nitrogens is 1. The second-order valence-electron chi connectivity index (χ2n) is 6.19. The SMILES string of the molecule is O[C@@H](CNc1ccc(Br)cc1)Cn1c2ccccc2c2ccccc21. The van der Waals surface area contributed by atoms with Crippen LogP contribution in [-0.2, 0) is 6.54 Å². The molecule has 3 aromatic carbocycles. The first-order chi connectivity index (χ1) is 12.2. The molecule has 1 heterocycles. The van der Waals surface area contributed by atoms with Gasteiger partial charge in [0.25, 0.3) is 0 Å².